The number of aromatic nitrogens is 2. The average Bonchev–Trinajstić information content (AvgIpc) is 3.21. The fourth-order valence-corrected chi connectivity index (χ4v) is 7.69. The van der Waals surface area contributed by atoms with Crippen molar-refractivity contribution < 1.29 is 60.7 Å². The third-order valence-electron chi connectivity index (χ3n) is 4.99. The van der Waals surface area contributed by atoms with Crippen molar-refractivity contribution in [1.29, 1.82) is 0 Å². The van der Waals surface area contributed by atoms with Gasteiger partial charge in [0, 0.05) is 18.4 Å². The summed E-state index contributed by atoms with van der Waals surface area (Å²) in [4.78, 5) is 65.5. The maximum absolute atomic E-state index is 13.1. The van der Waals surface area contributed by atoms with E-state index in [1.165, 1.54) is 33.9 Å². The van der Waals surface area contributed by atoms with Gasteiger partial charge in [0.25, 0.3) is 0 Å². The summed E-state index contributed by atoms with van der Waals surface area (Å²) >= 11 is 0. The molecule has 6 N–H and O–H groups in total. The predicted molar refractivity (Wildman–Crippen MR) is 142 cm³/mol. The normalized spacial score (nSPS) is 22.4. The van der Waals surface area contributed by atoms with Crippen molar-refractivity contribution in [2.45, 2.75) is 30.6 Å². The second-order valence-electron chi connectivity index (χ2n) is 7.82. The van der Waals surface area contributed by atoms with Crippen LogP contribution in [-0.4, -0.2) is 60.2 Å². The number of phosphoric ester groups is 1. The van der Waals surface area contributed by atoms with Gasteiger partial charge in [-0.15, -0.1) is 0 Å². The molecule has 1 aliphatic heterocycles. The van der Waals surface area contributed by atoms with Gasteiger partial charge in [-0.05, 0) is 24.0 Å². The minimum atomic E-state index is -5.76. The molecule has 3 rings (SSSR count). The lowest BCUT2D eigenvalue weighted by Gasteiger charge is -2.21. The second-order valence-corrected chi connectivity index (χ2v) is 14.8. The Kier molecular flexibility index (Phi) is 11.2. The van der Waals surface area contributed by atoms with Crippen LogP contribution in [0.4, 0.5) is 5.82 Å². The molecule has 1 aromatic heterocycles. The summed E-state index contributed by atoms with van der Waals surface area (Å²) in [6.45, 7) is -0.904. The van der Waals surface area contributed by atoms with Gasteiger partial charge in [-0.25, -0.2) is 23.3 Å². The summed E-state index contributed by atoms with van der Waals surface area (Å²) in [6.07, 6.45) is -0.628. The molecule has 222 valence electrons. The standard InChI is InChI=1S/C18H24N3O14P3S2/c1-39-40-10-11-4-2-3-5-12(11)17(22)33-13-8-16(21-7-6-15(19)20-18(21)23)32-14(13)9-31-37(27,28)35-38(29,30)34-36(24,25)26/h2-7,13-14,16H,8-10H2,1H3,(H,27,28)(H,29,30)(H2,19,20,23)(H2,24,25,26)/t13?,14-,16-/m1/s1. The zero-order chi connectivity index (χ0) is 29.7. The number of carbonyl (C=O) groups excluding carboxylic acids is 1. The van der Waals surface area contributed by atoms with Crippen LogP contribution in [0.3, 0.4) is 0 Å². The number of hydrogen-bond acceptors (Lipinski definition) is 14. The molecule has 1 fully saturated rings. The van der Waals surface area contributed by atoms with E-state index in [9.17, 15) is 33.1 Å². The molecule has 0 radical (unpaired) electrons. The van der Waals surface area contributed by atoms with E-state index in [1.54, 1.807) is 24.3 Å². The monoisotopic (exact) mass is 663 g/mol. The van der Waals surface area contributed by atoms with E-state index in [2.05, 4.69) is 18.1 Å². The van der Waals surface area contributed by atoms with Crippen LogP contribution >= 0.6 is 45.1 Å². The first-order valence-corrected chi connectivity index (χ1v) is 18.1. The van der Waals surface area contributed by atoms with Gasteiger partial charge in [-0.1, -0.05) is 39.8 Å². The van der Waals surface area contributed by atoms with E-state index in [-0.39, 0.29) is 17.8 Å². The van der Waals surface area contributed by atoms with Crippen molar-refractivity contribution in [2.75, 3.05) is 18.6 Å². The second kappa shape index (κ2) is 13.6. The van der Waals surface area contributed by atoms with Crippen LogP contribution < -0.4 is 11.4 Å². The molecule has 0 amide bonds. The van der Waals surface area contributed by atoms with E-state index >= 15 is 0 Å². The highest BCUT2D eigenvalue weighted by atomic mass is 33.1. The number of nitrogen functional groups attached to an aromatic ring is 1. The quantitative estimate of drug-likeness (QED) is 0.117. The molecule has 0 spiro atoms. The minimum Gasteiger partial charge on any atom is -0.456 e. The predicted octanol–water partition coefficient (Wildman–Crippen LogP) is 2.19. The Morgan fingerprint density at radius 3 is 2.50 bits per heavy atom. The molecular formula is C18H24N3O14P3S2. The van der Waals surface area contributed by atoms with Crippen LogP contribution in [0.15, 0.2) is 41.3 Å². The van der Waals surface area contributed by atoms with Crippen molar-refractivity contribution in [3.8, 4) is 0 Å². The first kappa shape index (κ1) is 32.9. The number of rotatable bonds is 13. The third-order valence-corrected chi connectivity index (χ3v) is 10.5. The molecule has 22 heteroatoms. The maximum Gasteiger partial charge on any atom is 0.490 e. The van der Waals surface area contributed by atoms with E-state index in [0.29, 0.717) is 11.3 Å². The molecule has 2 heterocycles. The van der Waals surface area contributed by atoms with Gasteiger partial charge in [0.15, 0.2) is 0 Å². The number of benzene rings is 1. The number of hydrogen-bond donors (Lipinski definition) is 5. The van der Waals surface area contributed by atoms with Crippen LogP contribution in [-0.2, 0) is 42.1 Å². The molecule has 0 aliphatic carbocycles. The zero-order valence-corrected chi connectivity index (χ0v) is 24.6. The summed E-state index contributed by atoms with van der Waals surface area (Å²) in [6, 6.07) is 7.96. The molecule has 17 nitrogen and oxygen atoms in total. The summed E-state index contributed by atoms with van der Waals surface area (Å²) in [5.74, 6) is -0.345. The number of nitrogens with two attached hydrogens (primary N) is 1. The van der Waals surface area contributed by atoms with Crippen molar-refractivity contribution in [3.05, 3.63) is 58.1 Å². The lowest BCUT2D eigenvalue weighted by molar-refractivity contribution is -0.0511. The van der Waals surface area contributed by atoms with Crippen molar-refractivity contribution in [3.63, 3.8) is 0 Å². The molecular weight excluding hydrogens is 639 g/mol. The average molecular weight is 663 g/mol. The maximum atomic E-state index is 13.1. The molecule has 2 aromatic rings. The summed E-state index contributed by atoms with van der Waals surface area (Å²) < 4.78 is 59.1. The van der Waals surface area contributed by atoms with E-state index < -0.39 is 60.2 Å². The molecule has 0 saturated carbocycles. The fraction of sp³-hybridized carbons (Fsp3) is 0.389. The topological polar surface area (TPSA) is 256 Å². The highest BCUT2D eigenvalue weighted by Crippen LogP contribution is 2.66. The Bertz CT molecular complexity index is 1420. The lowest BCUT2D eigenvalue weighted by atomic mass is 10.1. The molecule has 1 aromatic carbocycles. The van der Waals surface area contributed by atoms with Gasteiger partial charge < -0.3 is 34.8 Å². The Labute approximate surface area is 234 Å². The van der Waals surface area contributed by atoms with Gasteiger partial charge in [-0.3, -0.25) is 9.09 Å². The lowest BCUT2D eigenvalue weighted by Crippen LogP contribution is -2.31. The van der Waals surface area contributed by atoms with Gasteiger partial charge >= 0.3 is 35.1 Å². The molecule has 1 aliphatic rings. The highest BCUT2D eigenvalue weighted by molar-refractivity contribution is 8.76. The molecule has 40 heavy (non-hydrogen) atoms. The highest BCUT2D eigenvalue weighted by Gasteiger charge is 2.44. The number of esters is 1. The van der Waals surface area contributed by atoms with Crippen LogP contribution in [0.25, 0.3) is 0 Å². The summed E-state index contributed by atoms with van der Waals surface area (Å²) in [5.41, 5.74) is 5.62. The SMILES string of the molecule is CSSCc1ccccc1C(=O)OC1C[C@H](n2ccc(N)nc2=O)O[C@@H]1COP(=O)(O)OP(=O)(O)OP(=O)(O)O. The van der Waals surface area contributed by atoms with Gasteiger partial charge in [0.1, 0.15) is 24.3 Å². The first-order valence-electron chi connectivity index (χ1n) is 10.8. The van der Waals surface area contributed by atoms with Gasteiger partial charge in [0.2, 0.25) is 0 Å². The molecule has 5 atom stereocenters. The number of carbonyl (C=O) groups is 1. The number of nitrogens with zero attached hydrogens (tertiary/aromatic N) is 2. The smallest absolute Gasteiger partial charge is 0.456 e. The van der Waals surface area contributed by atoms with Gasteiger partial charge in [-0.2, -0.15) is 13.6 Å². The molecule has 0 bridgehead atoms. The van der Waals surface area contributed by atoms with Crippen molar-refractivity contribution in [1.82, 2.24) is 9.55 Å². The van der Waals surface area contributed by atoms with Crippen molar-refractivity contribution >= 4 is 56.8 Å². The Balaban J connectivity index is 1.80. The minimum absolute atomic E-state index is 0.0637. The molecule has 3 unspecified atom stereocenters. The van der Waals surface area contributed by atoms with Crippen LogP contribution in [0.5, 0.6) is 0 Å². The Morgan fingerprint density at radius 2 is 1.85 bits per heavy atom. The van der Waals surface area contributed by atoms with Crippen LogP contribution in [0.1, 0.15) is 28.6 Å². The third kappa shape index (κ3) is 9.77. The summed E-state index contributed by atoms with van der Waals surface area (Å²) in [7, 11) is -13.9. The van der Waals surface area contributed by atoms with E-state index in [0.717, 1.165) is 4.57 Å². The van der Waals surface area contributed by atoms with E-state index in [4.69, 9.17) is 25.0 Å². The summed E-state index contributed by atoms with van der Waals surface area (Å²) in [5, 5.41) is 0. The first-order chi connectivity index (χ1) is 18.6. The van der Waals surface area contributed by atoms with E-state index in [1.807, 2.05) is 6.26 Å². The van der Waals surface area contributed by atoms with Crippen LogP contribution in [0.2, 0.25) is 0 Å². The number of ether oxygens (including phenoxy) is 2. The Morgan fingerprint density at radius 1 is 1.15 bits per heavy atom. The van der Waals surface area contributed by atoms with Crippen molar-refractivity contribution in [2.24, 2.45) is 0 Å². The molecule has 1 saturated heterocycles. The number of phosphoric acid groups is 3. The Hall–Kier alpha value is -1.56. The fourth-order valence-electron chi connectivity index (χ4n) is 3.43. The van der Waals surface area contributed by atoms with Gasteiger partial charge in [0.05, 0.1) is 12.2 Å². The number of anilines is 1. The van der Waals surface area contributed by atoms with Crippen LogP contribution in [0, 0.1) is 0 Å². The zero-order valence-electron chi connectivity index (χ0n) is 20.3. The largest absolute Gasteiger partial charge is 0.490 e.